The van der Waals surface area contributed by atoms with E-state index in [-0.39, 0.29) is 6.42 Å². The molecule has 4 heteroatoms. The van der Waals surface area contributed by atoms with E-state index in [4.69, 9.17) is 4.74 Å². The number of hydrogen-bond acceptors (Lipinski definition) is 4. The average Bonchev–Trinajstić information content (AvgIpc) is 2.76. The van der Waals surface area contributed by atoms with E-state index in [0.29, 0.717) is 4.88 Å². The van der Waals surface area contributed by atoms with E-state index in [1.54, 1.807) is 5.38 Å². The fourth-order valence-electron chi connectivity index (χ4n) is 1.53. The molecule has 1 aromatic heterocycles. The lowest BCUT2D eigenvalue weighted by Crippen LogP contribution is -2.14. The number of rotatable bonds is 3. The first-order chi connectivity index (χ1) is 8.66. The summed E-state index contributed by atoms with van der Waals surface area (Å²) in [7, 11) is 0. The molecule has 2 aromatic rings. The van der Waals surface area contributed by atoms with Gasteiger partial charge in [0.1, 0.15) is 4.88 Å². The van der Waals surface area contributed by atoms with Crippen LogP contribution in [0.3, 0.4) is 0 Å². The summed E-state index contributed by atoms with van der Waals surface area (Å²) in [5.41, 5.74) is 1.66. The van der Waals surface area contributed by atoms with Crippen LogP contribution in [0.2, 0.25) is 0 Å². The Kier molecular flexibility index (Phi) is 3.89. The molecule has 0 spiro atoms. The Morgan fingerprint density at radius 3 is 2.50 bits per heavy atom. The Morgan fingerprint density at radius 1 is 1.17 bits per heavy atom. The summed E-state index contributed by atoms with van der Waals surface area (Å²) in [4.78, 5) is 23.8. The third-order valence-corrected chi connectivity index (χ3v) is 3.44. The fourth-order valence-corrected chi connectivity index (χ4v) is 2.33. The van der Waals surface area contributed by atoms with Crippen LogP contribution in [0.1, 0.15) is 20.8 Å². The molecule has 0 unspecified atom stereocenters. The van der Waals surface area contributed by atoms with E-state index < -0.39 is 11.9 Å². The third-order valence-electron chi connectivity index (χ3n) is 2.45. The van der Waals surface area contributed by atoms with Crippen molar-refractivity contribution >= 4 is 23.3 Å². The largest absolute Gasteiger partial charge is 0.389 e. The molecule has 18 heavy (non-hydrogen) atoms. The molecule has 1 aromatic carbocycles. The highest BCUT2D eigenvalue weighted by Gasteiger charge is 2.16. The Balaban J connectivity index is 1.96. The number of carbonyl (C=O) groups excluding carboxylic acids is 2. The molecule has 0 radical (unpaired) electrons. The van der Waals surface area contributed by atoms with Gasteiger partial charge in [-0.1, -0.05) is 30.3 Å². The summed E-state index contributed by atoms with van der Waals surface area (Å²) in [5.74, 6) is -1.09. The van der Waals surface area contributed by atoms with Crippen LogP contribution in [0.15, 0.2) is 41.8 Å². The summed E-state index contributed by atoms with van der Waals surface area (Å²) in [5, 5.41) is 1.80. The van der Waals surface area contributed by atoms with Crippen LogP contribution < -0.4 is 0 Å². The predicted octanol–water partition coefficient (Wildman–Crippen LogP) is 2.98. The second kappa shape index (κ2) is 5.60. The van der Waals surface area contributed by atoms with Crippen LogP contribution in [-0.2, 0) is 16.0 Å². The highest BCUT2D eigenvalue weighted by Crippen LogP contribution is 2.16. The molecule has 0 saturated heterocycles. The summed E-state index contributed by atoms with van der Waals surface area (Å²) < 4.78 is 4.81. The van der Waals surface area contributed by atoms with Crippen LogP contribution in [0.4, 0.5) is 0 Å². The number of hydrogen-bond donors (Lipinski definition) is 0. The summed E-state index contributed by atoms with van der Waals surface area (Å²) >= 11 is 1.28. The van der Waals surface area contributed by atoms with E-state index in [1.165, 1.54) is 11.3 Å². The van der Waals surface area contributed by atoms with Crippen molar-refractivity contribution < 1.29 is 14.3 Å². The van der Waals surface area contributed by atoms with E-state index in [2.05, 4.69) is 0 Å². The molecule has 0 aliphatic heterocycles. The number of aryl methyl sites for hydroxylation is 1. The molecule has 0 amide bonds. The van der Waals surface area contributed by atoms with Crippen molar-refractivity contribution in [3.63, 3.8) is 0 Å². The SMILES string of the molecule is Cc1ccsc1C(=O)OC(=O)Cc1ccccc1. The van der Waals surface area contributed by atoms with Gasteiger partial charge in [0.2, 0.25) is 0 Å². The first-order valence-corrected chi connectivity index (χ1v) is 6.38. The van der Waals surface area contributed by atoms with Gasteiger partial charge in [-0.05, 0) is 29.5 Å². The Bertz CT molecular complexity index is 557. The molecule has 92 valence electrons. The second-order valence-electron chi connectivity index (χ2n) is 3.86. The van der Waals surface area contributed by atoms with E-state index in [0.717, 1.165) is 11.1 Å². The number of thiophene rings is 1. The van der Waals surface area contributed by atoms with Gasteiger partial charge in [0.15, 0.2) is 0 Å². The van der Waals surface area contributed by atoms with Gasteiger partial charge >= 0.3 is 11.9 Å². The highest BCUT2D eigenvalue weighted by atomic mass is 32.1. The molecule has 0 saturated carbocycles. The molecular weight excluding hydrogens is 248 g/mol. The normalized spacial score (nSPS) is 10.1. The average molecular weight is 260 g/mol. The minimum atomic E-state index is -0.566. The first kappa shape index (κ1) is 12.5. The van der Waals surface area contributed by atoms with Crippen molar-refractivity contribution in [2.24, 2.45) is 0 Å². The fraction of sp³-hybridized carbons (Fsp3) is 0.143. The van der Waals surface area contributed by atoms with Crippen molar-refractivity contribution in [2.75, 3.05) is 0 Å². The molecule has 0 bridgehead atoms. The summed E-state index contributed by atoms with van der Waals surface area (Å²) in [6, 6.07) is 11.0. The molecule has 0 aliphatic carbocycles. The zero-order chi connectivity index (χ0) is 13.0. The van der Waals surface area contributed by atoms with Gasteiger partial charge in [-0.25, -0.2) is 4.79 Å². The Labute approximate surface area is 109 Å². The predicted molar refractivity (Wildman–Crippen MR) is 69.6 cm³/mol. The standard InChI is InChI=1S/C14H12O3S/c1-10-7-8-18-13(10)14(16)17-12(15)9-11-5-3-2-4-6-11/h2-8H,9H2,1H3. The number of ether oxygens (including phenoxy) is 1. The lowest BCUT2D eigenvalue weighted by molar-refractivity contribution is -0.137. The van der Waals surface area contributed by atoms with E-state index in [1.807, 2.05) is 43.3 Å². The lowest BCUT2D eigenvalue weighted by atomic mass is 10.2. The van der Waals surface area contributed by atoms with Gasteiger partial charge in [0.05, 0.1) is 6.42 Å². The van der Waals surface area contributed by atoms with Crippen LogP contribution in [0.25, 0.3) is 0 Å². The first-order valence-electron chi connectivity index (χ1n) is 5.50. The molecule has 0 fully saturated rings. The molecule has 2 rings (SSSR count). The molecule has 0 atom stereocenters. The third kappa shape index (κ3) is 3.05. The molecule has 0 aliphatic rings. The smallest absolute Gasteiger partial charge is 0.356 e. The minimum absolute atomic E-state index is 0.108. The van der Waals surface area contributed by atoms with Gasteiger partial charge in [0.25, 0.3) is 0 Å². The van der Waals surface area contributed by atoms with Gasteiger partial charge in [-0.3, -0.25) is 4.79 Å². The van der Waals surface area contributed by atoms with Gasteiger partial charge in [-0.2, -0.15) is 0 Å². The van der Waals surface area contributed by atoms with Crippen LogP contribution in [0.5, 0.6) is 0 Å². The van der Waals surface area contributed by atoms with Crippen LogP contribution >= 0.6 is 11.3 Å². The minimum Gasteiger partial charge on any atom is -0.389 e. The molecular formula is C14H12O3S. The number of esters is 2. The topological polar surface area (TPSA) is 43.4 Å². The zero-order valence-corrected chi connectivity index (χ0v) is 10.7. The van der Waals surface area contributed by atoms with Crippen molar-refractivity contribution in [1.29, 1.82) is 0 Å². The van der Waals surface area contributed by atoms with Crippen LogP contribution in [-0.4, -0.2) is 11.9 Å². The molecule has 0 N–H and O–H groups in total. The second-order valence-corrected chi connectivity index (χ2v) is 4.77. The van der Waals surface area contributed by atoms with Crippen LogP contribution in [0, 0.1) is 6.92 Å². The van der Waals surface area contributed by atoms with Crippen molar-refractivity contribution in [3.05, 3.63) is 57.8 Å². The maximum atomic E-state index is 11.7. The number of benzene rings is 1. The summed E-state index contributed by atoms with van der Waals surface area (Å²) in [6.45, 7) is 1.81. The van der Waals surface area contributed by atoms with Crippen molar-refractivity contribution in [3.8, 4) is 0 Å². The van der Waals surface area contributed by atoms with Crippen molar-refractivity contribution in [2.45, 2.75) is 13.3 Å². The van der Waals surface area contributed by atoms with E-state index in [9.17, 15) is 9.59 Å². The summed E-state index contributed by atoms with van der Waals surface area (Å²) in [6.07, 6.45) is 0.108. The Hall–Kier alpha value is -1.94. The molecule has 3 nitrogen and oxygen atoms in total. The van der Waals surface area contributed by atoms with Gasteiger partial charge in [0, 0.05) is 0 Å². The Morgan fingerprint density at radius 2 is 1.89 bits per heavy atom. The maximum Gasteiger partial charge on any atom is 0.356 e. The van der Waals surface area contributed by atoms with Gasteiger partial charge in [-0.15, -0.1) is 11.3 Å². The maximum absolute atomic E-state index is 11.7. The molecule has 1 heterocycles. The zero-order valence-electron chi connectivity index (χ0n) is 9.88. The quantitative estimate of drug-likeness (QED) is 0.629. The monoisotopic (exact) mass is 260 g/mol. The lowest BCUT2D eigenvalue weighted by Gasteiger charge is -2.02. The van der Waals surface area contributed by atoms with E-state index >= 15 is 0 Å². The number of carbonyl (C=O) groups is 2. The highest BCUT2D eigenvalue weighted by molar-refractivity contribution is 7.12. The van der Waals surface area contributed by atoms with Crippen molar-refractivity contribution in [1.82, 2.24) is 0 Å². The van der Waals surface area contributed by atoms with Gasteiger partial charge < -0.3 is 4.74 Å².